The highest BCUT2D eigenvalue weighted by molar-refractivity contribution is 9.10. The highest BCUT2D eigenvalue weighted by Gasteiger charge is 2.27. The van der Waals surface area contributed by atoms with Crippen LogP contribution in [0.5, 0.6) is 11.5 Å². The molecule has 0 bridgehead atoms. The Morgan fingerprint density at radius 1 is 0.955 bits per heavy atom. The van der Waals surface area contributed by atoms with Gasteiger partial charge in [-0.2, -0.15) is 0 Å². The molecule has 0 amide bonds. The van der Waals surface area contributed by atoms with E-state index in [0.717, 1.165) is 15.8 Å². The third kappa shape index (κ3) is 2.35. The van der Waals surface area contributed by atoms with E-state index in [-0.39, 0.29) is 0 Å². The smallest absolute Gasteiger partial charge is 0.260 e. The number of para-hydroxylation sites is 2. The van der Waals surface area contributed by atoms with E-state index in [2.05, 4.69) is 26.1 Å². The molecule has 0 N–H and O–H groups in total. The molecule has 1 aliphatic heterocycles. The molecule has 4 rings (SSSR count). The largest absolute Gasteiger partial charge is 0.485 e. The molecule has 0 saturated heterocycles. The summed E-state index contributed by atoms with van der Waals surface area (Å²) in [6, 6.07) is 15.2. The van der Waals surface area contributed by atoms with Gasteiger partial charge in [0.25, 0.3) is 5.89 Å². The fourth-order valence-electron chi connectivity index (χ4n) is 2.25. The fourth-order valence-corrected chi connectivity index (χ4v) is 2.70. The summed E-state index contributed by atoms with van der Waals surface area (Å²) < 4.78 is 18.2. The van der Waals surface area contributed by atoms with Gasteiger partial charge in [-0.25, -0.2) is 0 Å². The van der Waals surface area contributed by atoms with E-state index in [1.165, 1.54) is 0 Å². The van der Waals surface area contributed by atoms with E-state index in [1.807, 2.05) is 48.5 Å². The van der Waals surface area contributed by atoms with Gasteiger partial charge < -0.3 is 13.9 Å². The molecule has 22 heavy (non-hydrogen) atoms. The van der Waals surface area contributed by atoms with Crippen LogP contribution in [0.25, 0.3) is 11.5 Å². The Balaban J connectivity index is 1.62. The van der Waals surface area contributed by atoms with E-state index < -0.39 is 6.10 Å². The monoisotopic (exact) mass is 358 g/mol. The normalized spacial score (nSPS) is 16.5. The summed E-state index contributed by atoms with van der Waals surface area (Å²) in [6.45, 7) is 0.342. The van der Waals surface area contributed by atoms with Gasteiger partial charge in [0.1, 0.15) is 6.61 Å². The molecule has 0 saturated carbocycles. The van der Waals surface area contributed by atoms with Gasteiger partial charge in [-0.3, -0.25) is 0 Å². The second-order valence-electron chi connectivity index (χ2n) is 4.79. The fraction of sp³-hybridized carbons (Fsp3) is 0.125. The highest BCUT2D eigenvalue weighted by Crippen LogP contribution is 2.36. The van der Waals surface area contributed by atoms with Gasteiger partial charge in [-0.15, -0.1) is 10.2 Å². The molecule has 0 spiro atoms. The Hall–Kier alpha value is -2.34. The molecule has 6 heteroatoms. The van der Waals surface area contributed by atoms with E-state index in [1.54, 1.807) is 0 Å². The van der Waals surface area contributed by atoms with Gasteiger partial charge in [-0.1, -0.05) is 24.3 Å². The quantitative estimate of drug-likeness (QED) is 0.692. The van der Waals surface area contributed by atoms with Gasteiger partial charge in [0, 0.05) is 4.47 Å². The molecular formula is C16H11BrN2O3. The number of aromatic nitrogens is 2. The topological polar surface area (TPSA) is 57.4 Å². The van der Waals surface area contributed by atoms with Crippen molar-refractivity contribution in [3.8, 4) is 23.0 Å². The molecule has 0 aliphatic carbocycles. The number of ether oxygens (including phenoxy) is 2. The number of rotatable bonds is 2. The third-order valence-electron chi connectivity index (χ3n) is 3.33. The maximum Gasteiger partial charge on any atom is 0.260 e. The number of fused-ring (bicyclic) bond motifs is 1. The second-order valence-corrected chi connectivity index (χ2v) is 5.64. The zero-order valence-electron chi connectivity index (χ0n) is 11.4. The first-order valence-electron chi connectivity index (χ1n) is 6.78. The molecule has 1 unspecified atom stereocenters. The molecule has 0 radical (unpaired) electrons. The summed E-state index contributed by atoms with van der Waals surface area (Å²) in [7, 11) is 0. The lowest BCUT2D eigenvalue weighted by molar-refractivity contribution is 0.0716. The lowest BCUT2D eigenvalue weighted by Crippen LogP contribution is -2.21. The van der Waals surface area contributed by atoms with E-state index in [4.69, 9.17) is 13.9 Å². The molecule has 2 heterocycles. The molecular weight excluding hydrogens is 348 g/mol. The van der Waals surface area contributed by atoms with Gasteiger partial charge in [0.05, 0.1) is 5.56 Å². The zero-order chi connectivity index (χ0) is 14.9. The van der Waals surface area contributed by atoms with Crippen molar-refractivity contribution >= 4 is 15.9 Å². The average Bonchev–Trinajstić information content (AvgIpc) is 3.04. The van der Waals surface area contributed by atoms with Crippen molar-refractivity contribution < 1.29 is 13.9 Å². The van der Waals surface area contributed by atoms with Gasteiger partial charge >= 0.3 is 0 Å². The standard InChI is InChI=1S/C16H11BrN2O3/c17-11-6-2-1-5-10(11)15-18-19-16(22-15)14-9-20-12-7-3-4-8-13(12)21-14/h1-8,14H,9H2. The van der Waals surface area contributed by atoms with Crippen molar-refractivity contribution in [2.75, 3.05) is 6.61 Å². The summed E-state index contributed by atoms with van der Waals surface area (Å²) in [5.74, 6) is 2.26. The molecule has 1 atom stereocenters. The number of nitrogens with zero attached hydrogens (tertiary/aromatic N) is 2. The Morgan fingerprint density at radius 3 is 2.59 bits per heavy atom. The highest BCUT2D eigenvalue weighted by atomic mass is 79.9. The van der Waals surface area contributed by atoms with Crippen LogP contribution in [0.1, 0.15) is 12.0 Å². The molecule has 1 aliphatic rings. The van der Waals surface area contributed by atoms with E-state index in [9.17, 15) is 0 Å². The van der Waals surface area contributed by atoms with Crippen LogP contribution in [0.3, 0.4) is 0 Å². The summed E-state index contributed by atoms with van der Waals surface area (Å²) >= 11 is 3.48. The Morgan fingerprint density at radius 2 is 1.73 bits per heavy atom. The molecule has 1 aromatic heterocycles. The summed E-state index contributed by atoms with van der Waals surface area (Å²) in [5, 5.41) is 8.18. The van der Waals surface area contributed by atoms with Gasteiger partial charge in [0.2, 0.25) is 12.0 Å². The van der Waals surface area contributed by atoms with Crippen LogP contribution in [0.15, 0.2) is 57.4 Å². The summed E-state index contributed by atoms with van der Waals surface area (Å²) in [6.07, 6.45) is -0.404. The maximum absolute atomic E-state index is 5.86. The Labute approximate surface area is 135 Å². The molecule has 110 valence electrons. The predicted molar refractivity (Wildman–Crippen MR) is 82.7 cm³/mol. The Kier molecular flexibility index (Phi) is 3.31. The SMILES string of the molecule is Brc1ccccc1-c1nnc(C2COc3ccccc3O2)o1. The van der Waals surface area contributed by atoms with Crippen molar-refractivity contribution in [2.24, 2.45) is 0 Å². The maximum atomic E-state index is 5.86. The number of hydrogen-bond acceptors (Lipinski definition) is 5. The second kappa shape index (κ2) is 5.46. The zero-order valence-corrected chi connectivity index (χ0v) is 13.0. The van der Waals surface area contributed by atoms with Crippen molar-refractivity contribution in [1.82, 2.24) is 10.2 Å². The van der Waals surface area contributed by atoms with Crippen molar-refractivity contribution in [3.63, 3.8) is 0 Å². The summed E-state index contributed by atoms with van der Waals surface area (Å²) in [5.41, 5.74) is 0.846. The van der Waals surface area contributed by atoms with Gasteiger partial charge in [0.15, 0.2) is 11.5 Å². The van der Waals surface area contributed by atoms with Crippen LogP contribution in [0.2, 0.25) is 0 Å². The molecule has 3 aromatic rings. The minimum absolute atomic E-state index is 0.342. The summed E-state index contributed by atoms with van der Waals surface area (Å²) in [4.78, 5) is 0. The van der Waals surface area contributed by atoms with E-state index in [0.29, 0.717) is 24.1 Å². The van der Waals surface area contributed by atoms with Crippen LogP contribution in [0.4, 0.5) is 0 Å². The van der Waals surface area contributed by atoms with Crippen molar-refractivity contribution in [3.05, 3.63) is 58.9 Å². The molecule has 5 nitrogen and oxygen atoms in total. The lowest BCUT2D eigenvalue weighted by Gasteiger charge is -2.23. The number of benzene rings is 2. The Bertz CT molecular complexity index is 818. The number of halogens is 1. The number of hydrogen-bond donors (Lipinski definition) is 0. The average molecular weight is 359 g/mol. The first-order chi connectivity index (χ1) is 10.8. The first-order valence-corrected chi connectivity index (χ1v) is 7.57. The van der Waals surface area contributed by atoms with E-state index >= 15 is 0 Å². The van der Waals surface area contributed by atoms with Crippen LogP contribution in [-0.4, -0.2) is 16.8 Å². The van der Waals surface area contributed by atoms with Crippen LogP contribution >= 0.6 is 15.9 Å². The van der Waals surface area contributed by atoms with Crippen LogP contribution in [0, 0.1) is 0 Å². The third-order valence-corrected chi connectivity index (χ3v) is 4.02. The van der Waals surface area contributed by atoms with Crippen LogP contribution in [-0.2, 0) is 0 Å². The van der Waals surface area contributed by atoms with Crippen LogP contribution < -0.4 is 9.47 Å². The van der Waals surface area contributed by atoms with Gasteiger partial charge in [-0.05, 0) is 40.2 Å². The predicted octanol–water partition coefficient (Wildman–Crippen LogP) is 4.01. The minimum atomic E-state index is -0.404. The minimum Gasteiger partial charge on any atom is -0.485 e. The van der Waals surface area contributed by atoms with Crippen molar-refractivity contribution in [1.29, 1.82) is 0 Å². The molecule has 0 fully saturated rings. The first kappa shape index (κ1) is 13.3. The molecule has 2 aromatic carbocycles. The lowest BCUT2D eigenvalue weighted by atomic mass is 10.2. The van der Waals surface area contributed by atoms with Crippen molar-refractivity contribution in [2.45, 2.75) is 6.10 Å².